The summed E-state index contributed by atoms with van der Waals surface area (Å²) in [4.78, 5) is 18.1. The molecule has 1 aromatic rings. The third-order valence-electron chi connectivity index (χ3n) is 1.94. The van der Waals surface area contributed by atoms with Gasteiger partial charge in [0.15, 0.2) is 0 Å². The highest BCUT2D eigenvalue weighted by Crippen LogP contribution is 1.91. The van der Waals surface area contributed by atoms with Crippen molar-refractivity contribution in [3.05, 3.63) is 18.2 Å². The Morgan fingerprint density at radius 2 is 2.31 bits per heavy atom. The molecule has 6 nitrogen and oxygen atoms in total. The lowest BCUT2D eigenvalue weighted by atomic mass is 10.4. The molecule has 0 aromatic carbocycles. The number of rotatable bonds is 6. The van der Waals surface area contributed by atoms with Crippen LogP contribution in [0.2, 0.25) is 0 Å². The second-order valence-corrected chi connectivity index (χ2v) is 5.78. The maximum Gasteiger partial charge on any atom is 0.221 e. The highest BCUT2D eigenvalue weighted by atomic mass is 32.2. The number of H-pyrrole nitrogens is 1. The highest BCUT2D eigenvalue weighted by Gasteiger charge is 2.07. The molecule has 0 atom stereocenters. The second-order valence-electron chi connectivity index (χ2n) is 3.52. The number of sulfone groups is 1. The summed E-state index contributed by atoms with van der Waals surface area (Å²) in [5.74, 6) is 0.431. The van der Waals surface area contributed by atoms with Gasteiger partial charge in [-0.3, -0.25) is 4.79 Å². The van der Waals surface area contributed by atoms with E-state index < -0.39 is 9.84 Å². The van der Waals surface area contributed by atoms with E-state index in [1.54, 1.807) is 12.4 Å². The Balaban J connectivity index is 2.16. The minimum atomic E-state index is -3.07. The van der Waals surface area contributed by atoms with E-state index >= 15 is 0 Å². The average Bonchev–Trinajstić information content (AvgIpc) is 2.66. The number of carbonyl (C=O) groups is 1. The van der Waals surface area contributed by atoms with Crippen molar-refractivity contribution in [3.63, 3.8) is 0 Å². The Kier molecular flexibility index (Phi) is 4.48. The van der Waals surface area contributed by atoms with Gasteiger partial charge < -0.3 is 10.3 Å². The maximum absolute atomic E-state index is 11.2. The molecular formula is C9H15N3O3S. The van der Waals surface area contributed by atoms with Crippen LogP contribution in [0.5, 0.6) is 0 Å². The molecule has 0 unspecified atom stereocenters. The molecule has 0 aliphatic rings. The van der Waals surface area contributed by atoms with Crippen molar-refractivity contribution in [2.24, 2.45) is 0 Å². The van der Waals surface area contributed by atoms with Crippen LogP contribution in [0.4, 0.5) is 0 Å². The van der Waals surface area contributed by atoms with Gasteiger partial charge in [-0.15, -0.1) is 0 Å². The van der Waals surface area contributed by atoms with Crippen LogP contribution in [0, 0.1) is 0 Å². The minimum Gasteiger partial charge on any atom is -0.356 e. The van der Waals surface area contributed by atoms with Crippen molar-refractivity contribution >= 4 is 15.7 Å². The summed E-state index contributed by atoms with van der Waals surface area (Å²) in [6, 6.07) is 0. The highest BCUT2D eigenvalue weighted by molar-refractivity contribution is 7.90. The Morgan fingerprint density at radius 1 is 1.56 bits per heavy atom. The van der Waals surface area contributed by atoms with E-state index in [-0.39, 0.29) is 18.1 Å². The zero-order chi connectivity index (χ0) is 12.0. The number of nitrogens with one attached hydrogen (secondary N) is 2. The zero-order valence-corrected chi connectivity index (χ0v) is 9.88. The fraction of sp³-hybridized carbons (Fsp3) is 0.556. The molecule has 90 valence electrons. The number of imidazole rings is 1. The summed E-state index contributed by atoms with van der Waals surface area (Å²) in [5.41, 5.74) is 0. The summed E-state index contributed by atoms with van der Waals surface area (Å²) in [7, 11) is -3.07. The molecule has 0 bridgehead atoms. The Hall–Kier alpha value is -1.37. The molecular weight excluding hydrogens is 230 g/mol. The Bertz CT molecular complexity index is 425. The molecule has 0 aliphatic heterocycles. The lowest BCUT2D eigenvalue weighted by Gasteiger charge is -2.03. The van der Waals surface area contributed by atoms with Crippen molar-refractivity contribution < 1.29 is 13.2 Å². The first-order chi connectivity index (χ1) is 7.47. The largest absolute Gasteiger partial charge is 0.356 e. The lowest BCUT2D eigenvalue weighted by molar-refractivity contribution is -0.120. The normalized spacial score (nSPS) is 11.3. The molecule has 2 N–H and O–H groups in total. The number of carbonyl (C=O) groups excluding carboxylic acids is 1. The number of nitrogens with zero attached hydrogens (tertiary/aromatic N) is 1. The smallest absolute Gasteiger partial charge is 0.221 e. The predicted octanol–water partition coefficient (Wildman–Crippen LogP) is -0.497. The van der Waals surface area contributed by atoms with Gasteiger partial charge >= 0.3 is 0 Å². The maximum atomic E-state index is 11.2. The molecule has 0 saturated heterocycles. The first-order valence-electron chi connectivity index (χ1n) is 4.90. The van der Waals surface area contributed by atoms with Crippen LogP contribution in [-0.2, 0) is 21.1 Å². The Morgan fingerprint density at radius 3 is 2.88 bits per heavy atom. The van der Waals surface area contributed by atoms with Crippen LogP contribution in [0.25, 0.3) is 0 Å². The van der Waals surface area contributed by atoms with Gasteiger partial charge in [-0.05, 0) is 0 Å². The third kappa shape index (κ3) is 5.50. The fourth-order valence-electron chi connectivity index (χ4n) is 1.12. The van der Waals surface area contributed by atoms with Gasteiger partial charge in [-0.25, -0.2) is 13.4 Å². The van der Waals surface area contributed by atoms with Crippen molar-refractivity contribution in [2.45, 2.75) is 12.8 Å². The van der Waals surface area contributed by atoms with Crippen LogP contribution in [0.1, 0.15) is 12.2 Å². The topological polar surface area (TPSA) is 91.9 Å². The van der Waals surface area contributed by atoms with Crippen LogP contribution >= 0.6 is 0 Å². The van der Waals surface area contributed by atoms with E-state index in [4.69, 9.17) is 0 Å². The average molecular weight is 245 g/mol. The Labute approximate surface area is 94.4 Å². The van der Waals surface area contributed by atoms with Gasteiger partial charge in [0.2, 0.25) is 5.91 Å². The first kappa shape index (κ1) is 12.7. The molecule has 0 fully saturated rings. The summed E-state index contributed by atoms with van der Waals surface area (Å²) in [6.07, 6.45) is 5.08. The molecule has 0 saturated carbocycles. The van der Waals surface area contributed by atoms with Gasteiger partial charge in [0.05, 0.1) is 5.75 Å². The van der Waals surface area contributed by atoms with Crippen LogP contribution < -0.4 is 5.32 Å². The molecule has 0 radical (unpaired) electrons. The first-order valence-corrected chi connectivity index (χ1v) is 6.96. The SMILES string of the molecule is CS(=O)(=O)CCC(=O)NCCc1ncc[nH]1. The monoisotopic (exact) mass is 245 g/mol. The summed E-state index contributed by atoms with van der Waals surface area (Å²) in [5, 5.41) is 2.63. The third-order valence-corrected chi connectivity index (χ3v) is 2.88. The lowest BCUT2D eigenvalue weighted by Crippen LogP contribution is -2.27. The number of aromatic nitrogens is 2. The van der Waals surface area contributed by atoms with E-state index in [0.717, 1.165) is 12.1 Å². The van der Waals surface area contributed by atoms with Gasteiger partial charge in [-0.2, -0.15) is 0 Å². The molecule has 1 heterocycles. The molecule has 16 heavy (non-hydrogen) atoms. The van der Waals surface area contributed by atoms with Crippen LogP contribution in [-0.4, -0.2) is 42.8 Å². The summed E-state index contributed by atoms with van der Waals surface area (Å²) >= 11 is 0. The zero-order valence-electron chi connectivity index (χ0n) is 9.06. The van der Waals surface area contributed by atoms with E-state index in [9.17, 15) is 13.2 Å². The number of aromatic amines is 1. The van der Waals surface area contributed by atoms with Crippen LogP contribution in [0.3, 0.4) is 0 Å². The molecule has 0 spiro atoms. The number of amides is 1. The van der Waals surface area contributed by atoms with Crippen molar-refractivity contribution in [3.8, 4) is 0 Å². The van der Waals surface area contributed by atoms with Crippen molar-refractivity contribution in [1.29, 1.82) is 0 Å². The van der Waals surface area contributed by atoms with Gasteiger partial charge in [-0.1, -0.05) is 0 Å². The predicted molar refractivity (Wildman–Crippen MR) is 59.6 cm³/mol. The second kappa shape index (κ2) is 5.64. The summed E-state index contributed by atoms with van der Waals surface area (Å²) in [6.45, 7) is 0.454. The van der Waals surface area contributed by atoms with E-state index in [1.807, 2.05) is 0 Å². The van der Waals surface area contributed by atoms with E-state index in [0.29, 0.717) is 13.0 Å². The molecule has 1 rings (SSSR count). The fourth-order valence-corrected chi connectivity index (χ4v) is 1.68. The van der Waals surface area contributed by atoms with Gasteiger partial charge in [0.25, 0.3) is 0 Å². The minimum absolute atomic E-state index is 0.0109. The molecule has 0 aliphatic carbocycles. The van der Waals surface area contributed by atoms with Gasteiger partial charge in [0.1, 0.15) is 15.7 Å². The molecule has 1 aromatic heterocycles. The van der Waals surface area contributed by atoms with E-state index in [1.165, 1.54) is 0 Å². The van der Waals surface area contributed by atoms with E-state index in [2.05, 4.69) is 15.3 Å². The summed E-state index contributed by atoms with van der Waals surface area (Å²) < 4.78 is 21.6. The van der Waals surface area contributed by atoms with Crippen LogP contribution in [0.15, 0.2) is 12.4 Å². The number of hydrogen-bond acceptors (Lipinski definition) is 4. The molecule has 1 amide bonds. The van der Waals surface area contributed by atoms with Crippen molar-refractivity contribution in [2.75, 3.05) is 18.6 Å². The standard InChI is InChI=1S/C9H15N3O3S/c1-16(14,15)7-3-9(13)12-4-2-8-10-5-6-11-8/h5-6H,2-4,7H2,1H3,(H,10,11)(H,12,13). The van der Waals surface area contributed by atoms with Crippen molar-refractivity contribution in [1.82, 2.24) is 15.3 Å². The number of hydrogen-bond donors (Lipinski definition) is 2. The quantitative estimate of drug-likeness (QED) is 0.707. The van der Waals surface area contributed by atoms with Gasteiger partial charge in [0, 0.05) is 38.0 Å². The molecule has 7 heteroatoms.